The van der Waals surface area contributed by atoms with Gasteiger partial charge in [-0.25, -0.2) is 0 Å². The van der Waals surface area contributed by atoms with Crippen molar-refractivity contribution in [3.63, 3.8) is 0 Å². The van der Waals surface area contributed by atoms with Crippen LogP contribution in [0.5, 0.6) is 0 Å². The third kappa shape index (κ3) is 1.70. The number of nitrogen functional groups attached to an aromatic ring is 1. The molecular weight excluding hydrogens is 252 g/mol. The Bertz CT molecular complexity index is 606. The number of hydrogen-bond acceptors (Lipinski definition) is 4. The van der Waals surface area contributed by atoms with E-state index in [2.05, 4.69) is 0 Å². The number of carbonyl (C=O) groups excluding carboxylic acids is 1. The Morgan fingerprint density at radius 3 is 3.06 bits per heavy atom. The highest BCUT2D eigenvalue weighted by molar-refractivity contribution is 7.99. The number of nitrogens with two attached hydrogens (primary N) is 1. The monoisotopic (exact) mass is 264 g/mol. The number of anilines is 1. The molecule has 3 rings (SSSR count). The van der Waals surface area contributed by atoms with E-state index < -0.39 is 0 Å². The molecule has 0 bridgehead atoms. The third-order valence-corrected chi connectivity index (χ3v) is 5.27. The first kappa shape index (κ1) is 10.9. The summed E-state index contributed by atoms with van der Waals surface area (Å²) >= 11 is 3.32. The fourth-order valence-corrected chi connectivity index (χ4v) is 4.49. The summed E-state index contributed by atoms with van der Waals surface area (Å²) in [4.78, 5) is 15.9. The standard InChI is InChI=1S/C12H12N2OS2/c1-14-4-5-16-10-8-6-7(13)2-3-9(8)17-11(10)12(14)15/h2-3,6H,4-5,13H2,1H3. The van der Waals surface area contributed by atoms with Crippen LogP contribution in [0.2, 0.25) is 0 Å². The lowest BCUT2D eigenvalue weighted by Gasteiger charge is -2.11. The smallest absolute Gasteiger partial charge is 0.264 e. The Balaban J connectivity index is 2.27. The molecule has 3 nitrogen and oxygen atoms in total. The summed E-state index contributed by atoms with van der Waals surface area (Å²) in [6, 6.07) is 5.85. The first-order chi connectivity index (χ1) is 8.16. The average Bonchev–Trinajstić information content (AvgIpc) is 2.60. The van der Waals surface area contributed by atoms with Crippen molar-refractivity contribution in [3.8, 4) is 0 Å². The van der Waals surface area contributed by atoms with E-state index in [1.165, 1.54) is 0 Å². The predicted molar refractivity (Wildman–Crippen MR) is 73.9 cm³/mol. The Kier molecular flexibility index (Phi) is 2.52. The maximum Gasteiger partial charge on any atom is 0.264 e. The van der Waals surface area contributed by atoms with Crippen LogP contribution in [-0.4, -0.2) is 30.2 Å². The Morgan fingerprint density at radius 2 is 2.24 bits per heavy atom. The van der Waals surface area contributed by atoms with Crippen LogP contribution >= 0.6 is 23.1 Å². The van der Waals surface area contributed by atoms with E-state index in [0.29, 0.717) is 0 Å². The van der Waals surface area contributed by atoms with Gasteiger partial charge in [-0.2, -0.15) is 0 Å². The topological polar surface area (TPSA) is 46.3 Å². The summed E-state index contributed by atoms with van der Waals surface area (Å²) in [5, 5.41) is 1.12. The van der Waals surface area contributed by atoms with E-state index in [1.807, 2.05) is 25.2 Å². The van der Waals surface area contributed by atoms with Crippen LogP contribution in [0.4, 0.5) is 5.69 Å². The van der Waals surface area contributed by atoms with Crippen molar-refractivity contribution in [2.75, 3.05) is 25.1 Å². The van der Waals surface area contributed by atoms with Gasteiger partial charge in [-0.05, 0) is 18.2 Å². The molecule has 0 aliphatic carbocycles. The summed E-state index contributed by atoms with van der Waals surface area (Å²) in [5.74, 6) is 1.07. The van der Waals surface area contributed by atoms with Crippen molar-refractivity contribution in [1.82, 2.24) is 4.90 Å². The molecule has 88 valence electrons. The van der Waals surface area contributed by atoms with E-state index in [-0.39, 0.29) is 5.91 Å². The Morgan fingerprint density at radius 1 is 1.41 bits per heavy atom. The molecule has 2 aromatic rings. The fraction of sp³-hybridized carbons (Fsp3) is 0.250. The molecule has 0 unspecified atom stereocenters. The first-order valence-corrected chi connectivity index (χ1v) is 7.17. The van der Waals surface area contributed by atoms with Gasteiger partial charge in [-0.15, -0.1) is 23.1 Å². The molecule has 0 saturated heterocycles. The molecule has 0 atom stereocenters. The second kappa shape index (κ2) is 3.92. The highest BCUT2D eigenvalue weighted by Gasteiger charge is 2.24. The van der Waals surface area contributed by atoms with E-state index in [0.717, 1.165) is 37.8 Å². The van der Waals surface area contributed by atoms with Gasteiger partial charge in [0.1, 0.15) is 4.88 Å². The molecular formula is C12H12N2OS2. The minimum atomic E-state index is 0.129. The van der Waals surface area contributed by atoms with Crippen molar-refractivity contribution >= 4 is 44.8 Å². The average molecular weight is 264 g/mol. The minimum absolute atomic E-state index is 0.129. The molecule has 1 amide bonds. The number of benzene rings is 1. The molecule has 1 aromatic carbocycles. The number of nitrogens with zero attached hydrogens (tertiary/aromatic N) is 1. The number of amides is 1. The summed E-state index contributed by atoms with van der Waals surface area (Å²) in [7, 11) is 1.86. The predicted octanol–water partition coefficient (Wildman–Crippen LogP) is 2.66. The minimum Gasteiger partial charge on any atom is -0.399 e. The van der Waals surface area contributed by atoms with Crippen LogP contribution in [0.15, 0.2) is 23.1 Å². The number of carbonyl (C=O) groups is 1. The van der Waals surface area contributed by atoms with Gasteiger partial charge in [-0.1, -0.05) is 0 Å². The number of thioether (sulfide) groups is 1. The fourth-order valence-electron chi connectivity index (χ4n) is 1.94. The van der Waals surface area contributed by atoms with Crippen LogP contribution in [0.3, 0.4) is 0 Å². The maximum absolute atomic E-state index is 12.2. The van der Waals surface area contributed by atoms with Crippen LogP contribution in [0.25, 0.3) is 10.1 Å². The van der Waals surface area contributed by atoms with Crippen molar-refractivity contribution in [2.24, 2.45) is 0 Å². The quantitative estimate of drug-likeness (QED) is 0.744. The van der Waals surface area contributed by atoms with Gasteiger partial charge < -0.3 is 10.6 Å². The van der Waals surface area contributed by atoms with Gasteiger partial charge >= 0.3 is 0 Å². The van der Waals surface area contributed by atoms with E-state index in [4.69, 9.17) is 5.73 Å². The maximum atomic E-state index is 12.2. The molecule has 2 N–H and O–H groups in total. The van der Waals surface area contributed by atoms with Crippen LogP contribution < -0.4 is 5.73 Å². The molecule has 1 aliphatic rings. The highest BCUT2D eigenvalue weighted by Crippen LogP contribution is 2.40. The summed E-state index contributed by atoms with van der Waals surface area (Å²) in [6.45, 7) is 0.800. The number of thiophene rings is 1. The second-order valence-electron chi connectivity index (χ2n) is 4.09. The van der Waals surface area contributed by atoms with Crippen LogP contribution in [0.1, 0.15) is 9.67 Å². The van der Waals surface area contributed by atoms with Crippen molar-refractivity contribution in [1.29, 1.82) is 0 Å². The lowest BCUT2D eigenvalue weighted by molar-refractivity contribution is 0.0807. The SMILES string of the molecule is CN1CCSc2c(sc3ccc(N)cc23)C1=O. The zero-order chi connectivity index (χ0) is 12.0. The molecule has 1 aromatic heterocycles. The molecule has 0 radical (unpaired) electrons. The summed E-state index contributed by atoms with van der Waals surface area (Å²) < 4.78 is 1.14. The van der Waals surface area contributed by atoms with E-state index >= 15 is 0 Å². The highest BCUT2D eigenvalue weighted by atomic mass is 32.2. The van der Waals surface area contributed by atoms with E-state index in [9.17, 15) is 4.79 Å². The third-order valence-electron chi connectivity index (χ3n) is 2.88. The Hall–Kier alpha value is -1.20. The molecule has 1 aliphatic heterocycles. The second-order valence-corrected chi connectivity index (χ2v) is 6.25. The molecule has 5 heteroatoms. The largest absolute Gasteiger partial charge is 0.399 e. The van der Waals surface area contributed by atoms with Gasteiger partial charge in [0.15, 0.2) is 0 Å². The zero-order valence-electron chi connectivity index (χ0n) is 9.40. The molecule has 2 heterocycles. The molecule has 17 heavy (non-hydrogen) atoms. The number of hydrogen-bond donors (Lipinski definition) is 1. The van der Waals surface area contributed by atoms with Crippen LogP contribution in [-0.2, 0) is 0 Å². The van der Waals surface area contributed by atoms with Gasteiger partial charge in [0, 0.05) is 40.0 Å². The zero-order valence-corrected chi connectivity index (χ0v) is 11.0. The van der Waals surface area contributed by atoms with Gasteiger partial charge in [-0.3, -0.25) is 4.79 Å². The van der Waals surface area contributed by atoms with Crippen molar-refractivity contribution < 1.29 is 4.79 Å². The first-order valence-electron chi connectivity index (χ1n) is 5.37. The number of rotatable bonds is 0. The lowest BCUT2D eigenvalue weighted by Crippen LogP contribution is -2.26. The normalized spacial score (nSPS) is 16.1. The van der Waals surface area contributed by atoms with Gasteiger partial charge in [0.05, 0.1) is 0 Å². The molecule has 0 fully saturated rings. The van der Waals surface area contributed by atoms with Crippen molar-refractivity contribution in [3.05, 3.63) is 23.1 Å². The van der Waals surface area contributed by atoms with E-state index in [1.54, 1.807) is 28.0 Å². The number of fused-ring (bicyclic) bond motifs is 3. The Labute approximate surface area is 108 Å². The summed E-state index contributed by atoms with van der Waals surface area (Å²) in [5.41, 5.74) is 6.57. The van der Waals surface area contributed by atoms with Crippen molar-refractivity contribution in [2.45, 2.75) is 4.90 Å². The molecule has 0 spiro atoms. The molecule has 0 saturated carbocycles. The lowest BCUT2D eigenvalue weighted by atomic mass is 10.2. The van der Waals surface area contributed by atoms with Gasteiger partial charge in [0.2, 0.25) is 0 Å². The van der Waals surface area contributed by atoms with Gasteiger partial charge in [0.25, 0.3) is 5.91 Å². The summed E-state index contributed by atoms with van der Waals surface area (Å²) in [6.07, 6.45) is 0. The van der Waals surface area contributed by atoms with Crippen LogP contribution in [0, 0.1) is 0 Å².